The predicted octanol–water partition coefficient (Wildman–Crippen LogP) is 2.53. The summed E-state index contributed by atoms with van der Waals surface area (Å²) in [5, 5.41) is 3.03. The van der Waals surface area contributed by atoms with Gasteiger partial charge in [-0.1, -0.05) is 26.2 Å². The van der Waals surface area contributed by atoms with E-state index in [1.807, 2.05) is 6.92 Å². The van der Waals surface area contributed by atoms with E-state index in [0.29, 0.717) is 23.2 Å². The number of nitrogen functional groups attached to an aromatic ring is 1. The van der Waals surface area contributed by atoms with E-state index in [0.717, 1.165) is 12.2 Å². The summed E-state index contributed by atoms with van der Waals surface area (Å²) in [6.07, 6.45) is 5.11. The fraction of sp³-hybridized carbons (Fsp3) is 0.600. The molecule has 1 aliphatic carbocycles. The van der Waals surface area contributed by atoms with Gasteiger partial charge in [-0.3, -0.25) is 4.79 Å². The van der Waals surface area contributed by atoms with Crippen LogP contribution >= 0.6 is 0 Å². The summed E-state index contributed by atoms with van der Waals surface area (Å²) >= 11 is 0. The molecule has 0 aliphatic heterocycles. The van der Waals surface area contributed by atoms with Crippen LogP contribution in [0.4, 0.5) is 5.82 Å². The molecule has 1 aromatic heterocycles. The highest BCUT2D eigenvalue weighted by molar-refractivity contribution is 5.94. The number of amides is 1. The van der Waals surface area contributed by atoms with Crippen LogP contribution in [0.15, 0.2) is 12.1 Å². The van der Waals surface area contributed by atoms with Crippen molar-refractivity contribution in [2.24, 2.45) is 11.8 Å². The van der Waals surface area contributed by atoms with Crippen molar-refractivity contribution in [1.29, 1.82) is 0 Å². The topological polar surface area (TPSA) is 68.0 Å². The molecule has 0 aromatic carbocycles. The maximum absolute atomic E-state index is 12.1. The van der Waals surface area contributed by atoms with E-state index in [4.69, 9.17) is 5.73 Å². The Balaban J connectivity index is 1.93. The van der Waals surface area contributed by atoms with Crippen LogP contribution in [0.25, 0.3) is 0 Å². The SMILES string of the molecule is Cc1cc(C(=O)NCC2CCCCC2C)cc(N)n1. The highest BCUT2D eigenvalue weighted by atomic mass is 16.1. The monoisotopic (exact) mass is 261 g/mol. The van der Waals surface area contributed by atoms with E-state index >= 15 is 0 Å². The van der Waals surface area contributed by atoms with E-state index in [1.165, 1.54) is 25.7 Å². The lowest BCUT2D eigenvalue weighted by Crippen LogP contribution is -2.33. The van der Waals surface area contributed by atoms with E-state index in [1.54, 1.807) is 12.1 Å². The molecule has 1 aliphatic rings. The minimum atomic E-state index is -0.0463. The van der Waals surface area contributed by atoms with E-state index in [9.17, 15) is 4.79 Å². The molecule has 1 amide bonds. The molecule has 4 nitrogen and oxygen atoms in total. The Labute approximate surface area is 114 Å². The second-order valence-electron chi connectivity index (χ2n) is 5.65. The van der Waals surface area contributed by atoms with Gasteiger partial charge in [-0.05, 0) is 37.3 Å². The van der Waals surface area contributed by atoms with E-state index in [-0.39, 0.29) is 5.91 Å². The molecule has 2 unspecified atom stereocenters. The van der Waals surface area contributed by atoms with Gasteiger partial charge >= 0.3 is 0 Å². The van der Waals surface area contributed by atoms with Crippen LogP contribution in [0.1, 0.15) is 48.7 Å². The molecular weight excluding hydrogens is 238 g/mol. The molecular formula is C15H23N3O. The Hall–Kier alpha value is -1.58. The van der Waals surface area contributed by atoms with Gasteiger partial charge in [-0.15, -0.1) is 0 Å². The van der Waals surface area contributed by atoms with Crippen LogP contribution in [-0.4, -0.2) is 17.4 Å². The molecule has 3 N–H and O–H groups in total. The van der Waals surface area contributed by atoms with Gasteiger partial charge in [0.05, 0.1) is 0 Å². The summed E-state index contributed by atoms with van der Waals surface area (Å²) in [4.78, 5) is 16.2. The molecule has 0 spiro atoms. The van der Waals surface area contributed by atoms with Crippen molar-refractivity contribution in [2.45, 2.75) is 39.5 Å². The number of nitrogens with one attached hydrogen (secondary N) is 1. The van der Waals surface area contributed by atoms with Crippen molar-refractivity contribution in [3.63, 3.8) is 0 Å². The molecule has 1 fully saturated rings. The first kappa shape index (κ1) is 13.8. The number of aryl methyl sites for hydroxylation is 1. The molecule has 4 heteroatoms. The lowest BCUT2D eigenvalue weighted by molar-refractivity contribution is 0.0936. The summed E-state index contributed by atoms with van der Waals surface area (Å²) in [7, 11) is 0. The second-order valence-corrected chi connectivity index (χ2v) is 5.65. The molecule has 1 heterocycles. The molecule has 2 rings (SSSR count). The first-order chi connectivity index (χ1) is 9.06. The quantitative estimate of drug-likeness (QED) is 0.878. The van der Waals surface area contributed by atoms with Gasteiger partial charge in [0.15, 0.2) is 0 Å². The predicted molar refractivity (Wildman–Crippen MR) is 76.8 cm³/mol. The van der Waals surface area contributed by atoms with Crippen LogP contribution in [0, 0.1) is 18.8 Å². The molecule has 0 bridgehead atoms. The van der Waals surface area contributed by atoms with Crippen molar-refractivity contribution in [2.75, 3.05) is 12.3 Å². The first-order valence-electron chi connectivity index (χ1n) is 7.08. The lowest BCUT2D eigenvalue weighted by Gasteiger charge is -2.28. The van der Waals surface area contributed by atoms with Gasteiger partial charge in [0.1, 0.15) is 5.82 Å². The van der Waals surface area contributed by atoms with Crippen molar-refractivity contribution < 1.29 is 4.79 Å². The third-order valence-electron chi connectivity index (χ3n) is 4.05. The number of hydrogen-bond acceptors (Lipinski definition) is 3. The average Bonchev–Trinajstić information content (AvgIpc) is 2.36. The number of rotatable bonds is 3. The summed E-state index contributed by atoms with van der Waals surface area (Å²) in [6, 6.07) is 3.41. The van der Waals surface area contributed by atoms with Crippen molar-refractivity contribution >= 4 is 11.7 Å². The molecule has 19 heavy (non-hydrogen) atoms. The summed E-state index contributed by atoms with van der Waals surface area (Å²) in [5.41, 5.74) is 7.05. The van der Waals surface area contributed by atoms with Crippen LogP contribution in [-0.2, 0) is 0 Å². The van der Waals surface area contributed by atoms with E-state index < -0.39 is 0 Å². The smallest absolute Gasteiger partial charge is 0.251 e. The van der Waals surface area contributed by atoms with Crippen LogP contribution < -0.4 is 11.1 Å². The summed E-state index contributed by atoms with van der Waals surface area (Å²) in [5.74, 6) is 1.67. The highest BCUT2D eigenvalue weighted by Crippen LogP contribution is 2.28. The Morgan fingerprint density at radius 3 is 2.84 bits per heavy atom. The van der Waals surface area contributed by atoms with Gasteiger partial charge in [0.25, 0.3) is 5.91 Å². The normalized spacial score (nSPS) is 23.1. The maximum Gasteiger partial charge on any atom is 0.251 e. The fourth-order valence-corrected chi connectivity index (χ4v) is 2.85. The minimum absolute atomic E-state index is 0.0463. The maximum atomic E-state index is 12.1. The Bertz CT molecular complexity index is 438. The largest absolute Gasteiger partial charge is 0.384 e. The van der Waals surface area contributed by atoms with Gasteiger partial charge in [-0.25, -0.2) is 4.98 Å². The number of carbonyl (C=O) groups excluding carboxylic acids is 1. The third kappa shape index (κ3) is 3.69. The molecule has 104 valence electrons. The number of nitrogens with zero attached hydrogens (tertiary/aromatic N) is 1. The molecule has 1 aromatic rings. The lowest BCUT2D eigenvalue weighted by atomic mass is 9.80. The second kappa shape index (κ2) is 6.04. The Morgan fingerprint density at radius 2 is 2.16 bits per heavy atom. The highest BCUT2D eigenvalue weighted by Gasteiger charge is 2.21. The van der Waals surface area contributed by atoms with Gasteiger partial charge in [-0.2, -0.15) is 0 Å². The zero-order valence-corrected chi connectivity index (χ0v) is 11.8. The van der Waals surface area contributed by atoms with Crippen molar-refractivity contribution in [3.05, 3.63) is 23.4 Å². The first-order valence-corrected chi connectivity index (χ1v) is 7.08. The number of nitrogens with two attached hydrogens (primary N) is 1. The number of pyridine rings is 1. The van der Waals surface area contributed by atoms with Gasteiger partial charge < -0.3 is 11.1 Å². The number of hydrogen-bond donors (Lipinski definition) is 2. The molecule has 0 saturated heterocycles. The average molecular weight is 261 g/mol. The van der Waals surface area contributed by atoms with Crippen LogP contribution in [0.3, 0.4) is 0 Å². The molecule has 1 saturated carbocycles. The van der Waals surface area contributed by atoms with Crippen LogP contribution in [0.2, 0.25) is 0 Å². The van der Waals surface area contributed by atoms with Gasteiger partial charge in [0.2, 0.25) is 0 Å². The number of anilines is 1. The van der Waals surface area contributed by atoms with E-state index in [2.05, 4.69) is 17.2 Å². The fourth-order valence-electron chi connectivity index (χ4n) is 2.85. The number of aromatic nitrogens is 1. The van der Waals surface area contributed by atoms with Crippen molar-refractivity contribution in [1.82, 2.24) is 10.3 Å². The molecule has 2 atom stereocenters. The Kier molecular flexibility index (Phi) is 4.40. The third-order valence-corrected chi connectivity index (χ3v) is 4.05. The molecule has 0 radical (unpaired) electrons. The standard InChI is InChI=1S/C15H23N3O/c1-10-5-3-4-6-12(10)9-17-15(19)13-7-11(2)18-14(16)8-13/h7-8,10,12H,3-6,9H2,1-2H3,(H2,16,18)(H,17,19). The number of carbonyl (C=O) groups is 1. The zero-order chi connectivity index (χ0) is 13.8. The van der Waals surface area contributed by atoms with Crippen LogP contribution in [0.5, 0.6) is 0 Å². The van der Waals surface area contributed by atoms with Gasteiger partial charge in [0, 0.05) is 17.8 Å². The summed E-state index contributed by atoms with van der Waals surface area (Å²) < 4.78 is 0. The van der Waals surface area contributed by atoms with Crippen molar-refractivity contribution in [3.8, 4) is 0 Å². The minimum Gasteiger partial charge on any atom is -0.384 e. The Morgan fingerprint density at radius 1 is 1.42 bits per heavy atom. The summed E-state index contributed by atoms with van der Waals surface area (Å²) in [6.45, 7) is 4.89. The zero-order valence-electron chi connectivity index (χ0n) is 11.8.